The predicted molar refractivity (Wildman–Crippen MR) is 95.5 cm³/mol. The standard InChI is InChI=1S/C19H14F2N4O/c1-26-13-4-2-3-12(10-13)23-19-17-16(7-8-22-19)24-18(25-17)11-5-6-14(20)15(21)9-11/h2-10H,1H3,(H,22,23)(H,24,25). The van der Waals surface area contributed by atoms with Gasteiger partial charge >= 0.3 is 0 Å². The van der Waals surface area contributed by atoms with E-state index in [1.807, 2.05) is 24.3 Å². The Morgan fingerprint density at radius 1 is 1.04 bits per heavy atom. The minimum Gasteiger partial charge on any atom is -0.497 e. The summed E-state index contributed by atoms with van der Waals surface area (Å²) < 4.78 is 31.9. The summed E-state index contributed by atoms with van der Waals surface area (Å²) in [6.07, 6.45) is 1.64. The first-order chi connectivity index (χ1) is 12.6. The zero-order valence-electron chi connectivity index (χ0n) is 13.8. The van der Waals surface area contributed by atoms with Gasteiger partial charge in [-0.15, -0.1) is 0 Å². The van der Waals surface area contributed by atoms with Gasteiger partial charge in [-0.3, -0.25) is 0 Å². The molecule has 7 heteroatoms. The third-order valence-corrected chi connectivity index (χ3v) is 3.93. The second-order valence-electron chi connectivity index (χ2n) is 5.63. The maximum atomic E-state index is 13.5. The number of nitrogens with zero attached hydrogens (tertiary/aromatic N) is 2. The van der Waals surface area contributed by atoms with E-state index in [1.165, 1.54) is 6.07 Å². The van der Waals surface area contributed by atoms with E-state index in [1.54, 1.807) is 19.4 Å². The van der Waals surface area contributed by atoms with E-state index in [2.05, 4.69) is 20.3 Å². The largest absolute Gasteiger partial charge is 0.497 e. The first-order valence-corrected chi connectivity index (χ1v) is 7.85. The molecule has 0 spiro atoms. The fourth-order valence-electron chi connectivity index (χ4n) is 2.64. The number of methoxy groups -OCH3 is 1. The molecule has 26 heavy (non-hydrogen) atoms. The van der Waals surface area contributed by atoms with Gasteiger partial charge in [0.1, 0.15) is 17.1 Å². The lowest BCUT2D eigenvalue weighted by Crippen LogP contribution is -1.95. The molecule has 2 aromatic carbocycles. The molecule has 0 radical (unpaired) electrons. The monoisotopic (exact) mass is 352 g/mol. The molecule has 0 fully saturated rings. The number of pyridine rings is 1. The Balaban J connectivity index is 1.74. The summed E-state index contributed by atoms with van der Waals surface area (Å²) in [5, 5.41) is 3.20. The molecule has 2 heterocycles. The summed E-state index contributed by atoms with van der Waals surface area (Å²) in [5.41, 5.74) is 2.56. The van der Waals surface area contributed by atoms with Crippen LogP contribution in [0.1, 0.15) is 0 Å². The van der Waals surface area contributed by atoms with Crippen molar-refractivity contribution in [2.75, 3.05) is 12.4 Å². The second kappa shape index (κ2) is 6.44. The van der Waals surface area contributed by atoms with Gasteiger partial charge in [-0.2, -0.15) is 0 Å². The fraction of sp³-hybridized carbons (Fsp3) is 0.0526. The third-order valence-electron chi connectivity index (χ3n) is 3.93. The van der Waals surface area contributed by atoms with Crippen LogP contribution in [0.5, 0.6) is 5.75 Å². The lowest BCUT2D eigenvalue weighted by Gasteiger charge is -2.07. The van der Waals surface area contributed by atoms with Gasteiger partial charge in [-0.05, 0) is 36.4 Å². The van der Waals surface area contributed by atoms with Crippen LogP contribution in [0.2, 0.25) is 0 Å². The number of aromatic nitrogens is 3. The molecule has 2 N–H and O–H groups in total. The maximum absolute atomic E-state index is 13.5. The number of halogens is 2. The number of rotatable bonds is 4. The van der Waals surface area contributed by atoms with Crippen LogP contribution in [0, 0.1) is 11.6 Å². The molecule has 0 bridgehead atoms. The van der Waals surface area contributed by atoms with Crippen LogP contribution in [0.25, 0.3) is 22.4 Å². The second-order valence-corrected chi connectivity index (χ2v) is 5.63. The van der Waals surface area contributed by atoms with E-state index >= 15 is 0 Å². The molecule has 0 saturated heterocycles. The average molecular weight is 352 g/mol. The molecular weight excluding hydrogens is 338 g/mol. The number of hydrogen-bond acceptors (Lipinski definition) is 4. The van der Waals surface area contributed by atoms with Gasteiger partial charge in [0.25, 0.3) is 0 Å². The Hall–Kier alpha value is -3.48. The number of ether oxygens (including phenoxy) is 1. The molecule has 0 unspecified atom stereocenters. The Morgan fingerprint density at radius 2 is 1.92 bits per heavy atom. The lowest BCUT2D eigenvalue weighted by molar-refractivity contribution is 0.415. The normalized spacial score (nSPS) is 10.9. The molecular formula is C19H14F2N4O. The smallest absolute Gasteiger partial charge is 0.159 e. The highest BCUT2D eigenvalue weighted by Gasteiger charge is 2.12. The van der Waals surface area contributed by atoms with Crippen LogP contribution in [-0.2, 0) is 0 Å². The number of nitrogens with one attached hydrogen (secondary N) is 2. The number of hydrogen-bond donors (Lipinski definition) is 2. The first-order valence-electron chi connectivity index (χ1n) is 7.85. The van der Waals surface area contributed by atoms with Gasteiger partial charge in [0.15, 0.2) is 17.5 Å². The lowest BCUT2D eigenvalue weighted by atomic mass is 10.2. The third kappa shape index (κ3) is 2.95. The topological polar surface area (TPSA) is 62.8 Å². The van der Waals surface area contributed by atoms with E-state index in [0.29, 0.717) is 28.5 Å². The van der Waals surface area contributed by atoms with Gasteiger partial charge in [-0.1, -0.05) is 6.07 Å². The minimum absolute atomic E-state index is 0.431. The number of fused-ring (bicyclic) bond motifs is 1. The SMILES string of the molecule is COc1cccc(Nc2nccc3[nH]c(-c4ccc(F)c(F)c4)nc23)c1. The van der Waals surface area contributed by atoms with E-state index in [9.17, 15) is 8.78 Å². The zero-order valence-corrected chi connectivity index (χ0v) is 13.8. The highest BCUT2D eigenvalue weighted by molar-refractivity contribution is 5.90. The highest BCUT2D eigenvalue weighted by Crippen LogP contribution is 2.28. The summed E-state index contributed by atoms with van der Waals surface area (Å²) in [6.45, 7) is 0. The number of H-pyrrole nitrogens is 1. The molecule has 0 aliphatic heterocycles. The number of aromatic amines is 1. The van der Waals surface area contributed by atoms with Crippen molar-refractivity contribution in [3.8, 4) is 17.1 Å². The van der Waals surface area contributed by atoms with Crippen LogP contribution < -0.4 is 10.1 Å². The quantitative estimate of drug-likeness (QED) is 0.561. The van der Waals surface area contributed by atoms with Gasteiger partial charge < -0.3 is 15.0 Å². The fourth-order valence-corrected chi connectivity index (χ4v) is 2.64. The molecule has 2 aromatic heterocycles. The summed E-state index contributed by atoms with van der Waals surface area (Å²) in [4.78, 5) is 11.9. The predicted octanol–water partition coefficient (Wildman–Crippen LogP) is 4.66. The molecule has 5 nitrogen and oxygen atoms in total. The molecule has 0 aliphatic carbocycles. The van der Waals surface area contributed by atoms with Crippen LogP contribution in [0.4, 0.5) is 20.3 Å². The van der Waals surface area contributed by atoms with E-state index in [0.717, 1.165) is 23.3 Å². The molecule has 130 valence electrons. The molecule has 4 rings (SSSR count). The van der Waals surface area contributed by atoms with Crippen molar-refractivity contribution in [1.29, 1.82) is 0 Å². The van der Waals surface area contributed by atoms with Crippen molar-refractivity contribution >= 4 is 22.5 Å². The maximum Gasteiger partial charge on any atom is 0.159 e. The van der Waals surface area contributed by atoms with Crippen LogP contribution >= 0.6 is 0 Å². The Labute approximate surface area is 147 Å². The average Bonchev–Trinajstić information content (AvgIpc) is 3.09. The van der Waals surface area contributed by atoms with Crippen molar-refractivity contribution < 1.29 is 13.5 Å². The molecule has 0 aliphatic rings. The minimum atomic E-state index is -0.921. The summed E-state index contributed by atoms with van der Waals surface area (Å²) >= 11 is 0. The van der Waals surface area contributed by atoms with Crippen LogP contribution in [0.15, 0.2) is 54.7 Å². The molecule has 0 saturated carbocycles. The summed E-state index contributed by atoms with van der Waals surface area (Å²) in [6, 6.07) is 12.8. The first kappa shape index (κ1) is 16.0. The van der Waals surface area contributed by atoms with Gasteiger partial charge in [0.05, 0.1) is 12.6 Å². The van der Waals surface area contributed by atoms with E-state index in [4.69, 9.17) is 4.74 Å². The van der Waals surface area contributed by atoms with E-state index in [-0.39, 0.29) is 0 Å². The van der Waals surface area contributed by atoms with Crippen molar-refractivity contribution in [3.63, 3.8) is 0 Å². The van der Waals surface area contributed by atoms with Gasteiger partial charge in [-0.25, -0.2) is 18.7 Å². The Kier molecular flexibility index (Phi) is 3.96. The van der Waals surface area contributed by atoms with Crippen LogP contribution in [-0.4, -0.2) is 22.1 Å². The van der Waals surface area contributed by atoms with Crippen molar-refractivity contribution in [2.45, 2.75) is 0 Å². The zero-order chi connectivity index (χ0) is 18.1. The van der Waals surface area contributed by atoms with Crippen molar-refractivity contribution in [1.82, 2.24) is 15.0 Å². The summed E-state index contributed by atoms with van der Waals surface area (Å²) in [5.74, 6) is -0.129. The van der Waals surface area contributed by atoms with Crippen LogP contribution in [0.3, 0.4) is 0 Å². The molecule has 4 aromatic rings. The highest BCUT2D eigenvalue weighted by atomic mass is 19.2. The summed E-state index contributed by atoms with van der Waals surface area (Å²) in [7, 11) is 1.60. The number of benzene rings is 2. The van der Waals surface area contributed by atoms with Gasteiger partial charge in [0, 0.05) is 23.5 Å². The van der Waals surface area contributed by atoms with Crippen molar-refractivity contribution in [3.05, 3.63) is 66.4 Å². The van der Waals surface area contributed by atoms with Crippen molar-refractivity contribution in [2.24, 2.45) is 0 Å². The van der Waals surface area contributed by atoms with E-state index < -0.39 is 11.6 Å². The van der Waals surface area contributed by atoms with Gasteiger partial charge in [0.2, 0.25) is 0 Å². The Morgan fingerprint density at radius 3 is 2.73 bits per heavy atom. The molecule has 0 amide bonds. The number of imidazole rings is 1. The number of anilines is 2. The molecule has 0 atom stereocenters. The Bertz CT molecular complexity index is 1090.